The van der Waals surface area contributed by atoms with Crippen LogP contribution in [-0.2, 0) is 25.9 Å². The third-order valence-electron chi connectivity index (χ3n) is 9.22. The maximum atomic E-state index is 13.4. The van der Waals surface area contributed by atoms with Crippen molar-refractivity contribution in [3.05, 3.63) is 70.6 Å². The van der Waals surface area contributed by atoms with Gasteiger partial charge in [-0.3, -0.25) is 4.79 Å². The minimum Gasteiger partial charge on any atom is -0.381 e. The van der Waals surface area contributed by atoms with Gasteiger partial charge in [-0.25, -0.2) is 8.42 Å². The van der Waals surface area contributed by atoms with Gasteiger partial charge in [0.05, 0.1) is 22.4 Å². The van der Waals surface area contributed by atoms with Crippen LogP contribution < -0.4 is 5.32 Å². The van der Waals surface area contributed by atoms with Crippen molar-refractivity contribution >= 4 is 15.7 Å². The lowest BCUT2D eigenvalue weighted by Crippen LogP contribution is -2.43. The standard InChI is InChI=1S/C31H41N3O5S/c1-40(37,38)28-10-7-25(8-11-28)23-33-20-19-31(34(33)36)17-13-24(14-18-31)9-12-29(26-5-3-2-4-6-26)32-30(35)27-15-21-39-22-16-27/h2-8,10-11,24,27,29H,9,12-23H2,1H3/p+1. The van der Waals surface area contributed by atoms with Crippen LogP contribution in [0.15, 0.2) is 59.5 Å². The van der Waals surface area contributed by atoms with E-state index in [0.717, 1.165) is 75.5 Å². The Balaban J connectivity index is 1.14. The molecule has 5 rings (SSSR count). The molecule has 1 aliphatic carbocycles. The van der Waals surface area contributed by atoms with Gasteiger partial charge in [0, 0.05) is 44.6 Å². The van der Waals surface area contributed by atoms with Crippen LogP contribution in [0.25, 0.3) is 0 Å². The van der Waals surface area contributed by atoms with Gasteiger partial charge in [-0.1, -0.05) is 42.5 Å². The quantitative estimate of drug-likeness (QED) is 0.429. The Labute approximate surface area is 237 Å². The Hall–Kier alpha value is -2.78. The second kappa shape index (κ2) is 12.4. The van der Waals surface area contributed by atoms with Crippen molar-refractivity contribution in [1.82, 2.24) is 10.3 Å². The van der Waals surface area contributed by atoms with Gasteiger partial charge in [-0.15, -0.1) is 5.01 Å². The van der Waals surface area contributed by atoms with Gasteiger partial charge in [0.15, 0.2) is 9.84 Å². The van der Waals surface area contributed by atoms with E-state index >= 15 is 0 Å². The number of hydrazine groups is 1. The maximum Gasteiger partial charge on any atom is 0.245 e. The van der Waals surface area contributed by atoms with Crippen molar-refractivity contribution in [1.29, 1.82) is 0 Å². The zero-order valence-corrected chi connectivity index (χ0v) is 24.3. The molecule has 1 amide bonds. The molecule has 1 spiro atoms. The highest BCUT2D eigenvalue weighted by Gasteiger charge is 2.56. The van der Waals surface area contributed by atoms with Gasteiger partial charge in [-0.05, 0) is 67.7 Å². The molecule has 2 aromatic rings. The molecule has 0 bridgehead atoms. The summed E-state index contributed by atoms with van der Waals surface area (Å²) in [6, 6.07) is 17.1. The molecule has 8 nitrogen and oxygen atoms in total. The lowest BCUT2D eigenvalue weighted by Gasteiger charge is -2.31. The molecule has 1 saturated carbocycles. The summed E-state index contributed by atoms with van der Waals surface area (Å²) in [4.78, 5) is 28.0. The number of rotatable bonds is 9. The third-order valence-corrected chi connectivity index (χ3v) is 10.4. The zero-order chi connectivity index (χ0) is 28.2. The number of carbonyl (C=O) groups excluding carboxylic acids is 1. The normalized spacial score (nSPS) is 24.8. The van der Waals surface area contributed by atoms with Crippen molar-refractivity contribution < 1.29 is 22.8 Å². The molecule has 2 heterocycles. The lowest BCUT2D eigenvalue weighted by atomic mass is 9.74. The predicted molar refractivity (Wildman–Crippen MR) is 153 cm³/mol. The Morgan fingerprint density at radius 3 is 2.35 bits per heavy atom. The van der Waals surface area contributed by atoms with Gasteiger partial charge < -0.3 is 10.1 Å². The minimum atomic E-state index is -3.23. The Kier molecular flexibility index (Phi) is 8.90. The van der Waals surface area contributed by atoms with E-state index in [4.69, 9.17) is 4.74 Å². The number of nitrogens with one attached hydrogen (secondary N) is 1. The maximum absolute atomic E-state index is 13.4. The smallest absolute Gasteiger partial charge is 0.245 e. The Bertz CT molecular complexity index is 1270. The Morgan fingerprint density at radius 2 is 1.70 bits per heavy atom. The van der Waals surface area contributed by atoms with Crippen LogP contribution in [0.1, 0.15) is 75.0 Å². The molecule has 2 saturated heterocycles. The number of hydrogen-bond donors (Lipinski definition) is 1. The minimum absolute atomic E-state index is 0.000468. The van der Waals surface area contributed by atoms with Crippen molar-refractivity contribution in [2.24, 2.45) is 11.8 Å². The Morgan fingerprint density at radius 1 is 1.02 bits per heavy atom. The number of carbonyl (C=O) groups is 1. The first kappa shape index (κ1) is 28.7. The van der Waals surface area contributed by atoms with Gasteiger partial charge in [0.1, 0.15) is 11.4 Å². The molecule has 0 radical (unpaired) electrons. The van der Waals surface area contributed by atoms with Crippen molar-refractivity contribution in [3.63, 3.8) is 0 Å². The SMILES string of the molecule is CS(=O)(=O)c1ccc(CN2CCC3(CCC(CCC(NC(=O)C4CCOCC4)c4ccccc4)CC3)[N+]2=O)cc1. The number of benzene rings is 2. The largest absolute Gasteiger partial charge is 0.381 e. The van der Waals surface area contributed by atoms with E-state index in [1.165, 1.54) is 11.1 Å². The first-order valence-electron chi connectivity index (χ1n) is 14.7. The molecule has 3 aliphatic rings. The summed E-state index contributed by atoms with van der Waals surface area (Å²) >= 11 is 0. The van der Waals surface area contributed by atoms with Crippen LogP contribution in [-0.4, -0.2) is 55.8 Å². The van der Waals surface area contributed by atoms with Gasteiger partial charge >= 0.3 is 0 Å². The second-order valence-corrected chi connectivity index (χ2v) is 13.9. The fourth-order valence-electron chi connectivity index (χ4n) is 6.62. The lowest BCUT2D eigenvalue weighted by molar-refractivity contribution is -0.747. The van der Waals surface area contributed by atoms with E-state index in [0.29, 0.717) is 30.6 Å². The summed E-state index contributed by atoms with van der Waals surface area (Å²) in [6.45, 7) is 2.52. The summed E-state index contributed by atoms with van der Waals surface area (Å²) in [5.41, 5.74) is 1.75. The summed E-state index contributed by atoms with van der Waals surface area (Å²) in [6.07, 6.45) is 9.36. The van der Waals surface area contributed by atoms with E-state index in [9.17, 15) is 18.1 Å². The highest BCUT2D eigenvalue weighted by molar-refractivity contribution is 7.90. The molecular weight excluding hydrogens is 526 g/mol. The van der Waals surface area contributed by atoms with Crippen LogP contribution in [0, 0.1) is 16.7 Å². The highest BCUT2D eigenvalue weighted by Crippen LogP contribution is 2.43. The summed E-state index contributed by atoms with van der Waals surface area (Å²) < 4.78 is 28.9. The number of amides is 1. The first-order valence-corrected chi connectivity index (χ1v) is 16.6. The van der Waals surface area contributed by atoms with Crippen molar-refractivity contribution in [3.8, 4) is 0 Å². The number of nitroso groups, excluding NO2 is 1. The van der Waals surface area contributed by atoms with Crippen LogP contribution in [0.5, 0.6) is 0 Å². The topological polar surface area (TPSA) is 95.8 Å². The van der Waals surface area contributed by atoms with Crippen LogP contribution >= 0.6 is 0 Å². The van der Waals surface area contributed by atoms with Crippen LogP contribution in [0.4, 0.5) is 0 Å². The molecule has 3 fully saturated rings. The summed E-state index contributed by atoms with van der Waals surface area (Å²) in [5, 5.41) is 5.21. The van der Waals surface area contributed by atoms with Crippen molar-refractivity contribution in [2.75, 3.05) is 26.0 Å². The van der Waals surface area contributed by atoms with E-state index in [1.807, 2.05) is 23.2 Å². The van der Waals surface area contributed by atoms with E-state index in [1.54, 1.807) is 24.3 Å². The van der Waals surface area contributed by atoms with Crippen LogP contribution in [0.2, 0.25) is 0 Å². The fraction of sp³-hybridized carbons (Fsp3) is 0.581. The molecule has 2 aromatic carbocycles. The molecule has 0 aromatic heterocycles. The number of nitrogens with zero attached hydrogens (tertiary/aromatic N) is 2. The van der Waals surface area contributed by atoms with Gasteiger partial charge in [-0.2, -0.15) is 0 Å². The molecule has 9 heteroatoms. The molecule has 2 aliphatic heterocycles. The third kappa shape index (κ3) is 6.74. The number of ether oxygens (including phenoxy) is 1. The highest BCUT2D eigenvalue weighted by atomic mass is 32.2. The van der Waals surface area contributed by atoms with E-state index in [-0.39, 0.29) is 23.4 Å². The zero-order valence-electron chi connectivity index (χ0n) is 23.5. The predicted octanol–water partition coefficient (Wildman–Crippen LogP) is 4.98. The molecule has 1 atom stereocenters. The molecule has 40 heavy (non-hydrogen) atoms. The monoisotopic (exact) mass is 568 g/mol. The average molecular weight is 569 g/mol. The second-order valence-electron chi connectivity index (χ2n) is 11.9. The van der Waals surface area contributed by atoms with Crippen molar-refractivity contribution in [2.45, 2.75) is 80.8 Å². The average Bonchev–Trinajstić information content (AvgIpc) is 3.26. The molecular formula is C31H42N3O5S+. The molecule has 1 N–H and O–H groups in total. The molecule has 1 unspecified atom stereocenters. The van der Waals surface area contributed by atoms with E-state index < -0.39 is 9.84 Å². The van der Waals surface area contributed by atoms with Gasteiger partial charge in [0.25, 0.3) is 0 Å². The van der Waals surface area contributed by atoms with Gasteiger partial charge in [0.2, 0.25) is 11.4 Å². The summed E-state index contributed by atoms with van der Waals surface area (Å²) in [7, 11) is -3.23. The number of hydrogen-bond acceptors (Lipinski definition) is 5. The fourth-order valence-corrected chi connectivity index (χ4v) is 7.25. The van der Waals surface area contributed by atoms with E-state index in [2.05, 4.69) is 17.4 Å². The molecule has 216 valence electrons. The summed E-state index contributed by atoms with van der Waals surface area (Å²) in [5.74, 6) is 0.710. The van der Waals surface area contributed by atoms with Crippen LogP contribution in [0.3, 0.4) is 0 Å². The first-order chi connectivity index (χ1) is 19.2. The number of sulfone groups is 1.